The van der Waals surface area contributed by atoms with Crippen molar-refractivity contribution in [3.63, 3.8) is 0 Å². The quantitative estimate of drug-likeness (QED) is 0.567. The van der Waals surface area contributed by atoms with Crippen LogP contribution in [0.1, 0.15) is 21.6 Å². The number of benzene rings is 1. The van der Waals surface area contributed by atoms with E-state index in [4.69, 9.17) is 0 Å². The molecule has 0 amide bonds. The molecule has 0 unspecified atom stereocenters. The van der Waals surface area contributed by atoms with Crippen molar-refractivity contribution in [3.8, 4) is 0 Å². The summed E-state index contributed by atoms with van der Waals surface area (Å²) < 4.78 is 32.4. The number of carbonyl (C=O) groups excluding carboxylic acids is 1. The maximum atomic E-state index is 13.2. The van der Waals surface area contributed by atoms with Gasteiger partial charge in [-0.3, -0.25) is 4.98 Å². The van der Waals surface area contributed by atoms with Gasteiger partial charge in [0.1, 0.15) is 0 Å². The average molecular weight is 402 g/mol. The van der Waals surface area contributed by atoms with E-state index >= 15 is 0 Å². The second-order valence-corrected chi connectivity index (χ2v) is 8.46. The van der Waals surface area contributed by atoms with Crippen LogP contribution in [0.15, 0.2) is 70.4 Å². The van der Waals surface area contributed by atoms with E-state index in [-0.39, 0.29) is 18.0 Å². The fourth-order valence-electron chi connectivity index (χ4n) is 2.51. The van der Waals surface area contributed by atoms with Crippen molar-refractivity contribution >= 4 is 27.3 Å². The molecule has 0 N–H and O–H groups in total. The topological polar surface area (TPSA) is 76.6 Å². The van der Waals surface area contributed by atoms with Crippen LogP contribution in [0.2, 0.25) is 0 Å². The van der Waals surface area contributed by atoms with E-state index in [2.05, 4.69) is 9.72 Å². The van der Waals surface area contributed by atoms with Crippen molar-refractivity contribution in [2.75, 3.05) is 7.11 Å². The Morgan fingerprint density at radius 2 is 1.89 bits per heavy atom. The highest BCUT2D eigenvalue weighted by molar-refractivity contribution is 7.89. The summed E-state index contributed by atoms with van der Waals surface area (Å²) in [5.41, 5.74) is 1.86. The summed E-state index contributed by atoms with van der Waals surface area (Å²) in [7, 11) is -2.50. The third-order valence-electron chi connectivity index (χ3n) is 3.92. The molecule has 8 heteroatoms. The van der Waals surface area contributed by atoms with E-state index in [0.717, 1.165) is 5.56 Å². The van der Waals surface area contributed by atoms with Crippen LogP contribution in [0, 0.1) is 0 Å². The molecule has 0 bridgehead atoms. The Bertz CT molecular complexity index is 986. The molecular weight excluding hydrogens is 384 g/mol. The standard InChI is InChI=1S/C19H18N2O4S2/c1-25-19(22)16-5-7-18(8-6-16)27(23,24)21(12-15-9-11-26-14-15)13-17-4-2-3-10-20-17/h2-11,14H,12-13H2,1H3. The Balaban J connectivity index is 1.92. The highest BCUT2D eigenvalue weighted by atomic mass is 32.2. The van der Waals surface area contributed by atoms with Gasteiger partial charge >= 0.3 is 5.97 Å². The SMILES string of the molecule is COC(=O)c1ccc(S(=O)(=O)N(Cc2ccsc2)Cc2ccccn2)cc1. The van der Waals surface area contributed by atoms with Gasteiger partial charge in [-0.1, -0.05) is 6.07 Å². The Morgan fingerprint density at radius 1 is 1.11 bits per heavy atom. The normalized spacial score (nSPS) is 11.5. The summed E-state index contributed by atoms with van der Waals surface area (Å²) in [6, 6.07) is 13.0. The third kappa shape index (κ3) is 4.60. The van der Waals surface area contributed by atoms with Crippen LogP contribution in [0.5, 0.6) is 0 Å². The number of esters is 1. The number of aromatic nitrogens is 1. The molecule has 0 spiro atoms. The molecule has 0 aliphatic rings. The molecular formula is C19H18N2O4S2. The summed E-state index contributed by atoms with van der Waals surface area (Å²) in [4.78, 5) is 15.9. The molecule has 2 heterocycles. The lowest BCUT2D eigenvalue weighted by Crippen LogP contribution is -2.30. The van der Waals surface area contributed by atoms with Crippen LogP contribution < -0.4 is 0 Å². The van der Waals surface area contributed by atoms with Crippen LogP contribution in [-0.4, -0.2) is 30.8 Å². The number of ether oxygens (including phenoxy) is 1. The third-order valence-corrected chi connectivity index (χ3v) is 6.45. The first kappa shape index (κ1) is 19.2. The zero-order valence-electron chi connectivity index (χ0n) is 14.6. The molecule has 6 nitrogen and oxygen atoms in total. The average Bonchev–Trinajstić information content (AvgIpc) is 3.21. The zero-order valence-corrected chi connectivity index (χ0v) is 16.2. The molecule has 0 atom stereocenters. The Hall–Kier alpha value is -2.55. The fourth-order valence-corrected chi connectivity index (χ4v) is 4.57. The van der Waals surface area contributed by atoms with Gasteiger partial charge in [-0.05, 0) is 58.8 Å². The van der Waals surface area contributed by atoms with Crippen molar-refractivity contribution < 1.29 is 17.9 Å². The second kappa shape index (κ2) is 8.43. The fraction of sp³-hybridized carbons (Fsp3) is 0.158. The zero-order chi connectivity index (χ0) is 19.3. The minimum Gasteiger partial charge on any atom is -0.465 e. The van der Waals surface area contributed by atoms with E-state index in [1.165, 1.54) is 47.0 Å². The largest absolute Gasteiger partial charge is 0.465 e. The number of rotatable bonds is 7. The molecule has 3 rings (SSSR count). The van der Waals surface area contributed by atoms with Gasteiger partial charge in [0.2, 0.25) is 10.0 Å². The van der Waals surface area contributed by atoms with Gasteiger partial charge in [0.05, 0.1) is 29.8 Å². The predicted molar refractivity (Wildman–Crippen MR) is 103 cm³/mol. The minimum atomic E-state index is -3.78. The second-order valence-electron chi connectivity index (χ2n) is 5.74. The smallest absolute Gasteiger partial charge is 0.337 e. The maximum Gasteiger partial charge on any atom is 0.337 e. The Labute approximate surface area is 162 Å². The van der Waals surface area contributed by atoms with Gasteiger partial charge in [-0.15, -0.1) is 0 Å². The molecule has 1 aromatic carbocycles. The molecule has 0 saturated carbocycles. The van der Waals surface area contributed by atoms with Crippen LogP contribution in [0.25, 0.3) is 0 Å². The highest BCUT2D eigenvalue weighted by Crippen LogP contribution is 2.22. The van der Waals surface area contributed by atoms with Crippen molar-refractivity contribution in [1.29, 1.82) is 0 Å². The number of hydrogen-bond donors (Lipinski definition) is 0. The van der Waals surface area contributed by atoms with Crippen molar-refractivity contribution in [2.24, 2.45) is 0 Å². The van der Waals surface area contributed by atoms with Crippen LogP contribution in [0.4, 0.5) is 0 Å². The number of hydrogen-bond acceptors (Lipinski definition) is 6. The Morgan fingerprint density at radius 3 is 2.48 bits per heavy atom. The van der Waals surface area contributed by atoms with E-state index in [0.29, 0.717) is 11.3 Å². The maximum absolute atomic E-state index is 13.2. The molecule has 0 aliphatic heterocycles. The molecule has 0 saturated heterocycles. The summed E-state index contributed by atoms with van der Waals surface area (Å²) in [5, 5.41) is 3.83. The lowest BCUT2D eigenvalue weighted by Gasteiger charge is -2.21. The first-order chi connectivity index (χ1) is 13.0. The van der Waals surface area contributed by atoms with Gasteiger partial charge in [-0.25, -0.2) is 13.2 Å². The Kier molecular flexibility index (Phi) is 6.00. The van der Waals surface area contributed by atoms with E-state index in [9.17, 15) is 13.2 Å². The number of sulfonamides is 1. The monoisotopic (exact) mass is 402 g/mol. The summed E-state index contributed by atoms with van der Waals surface area (Å²) in [5.74, 6) is -0.512. The van der Waals surface area contributed by atoms with Gasteiger partial charge < -0.3 is 4.74 Å². The first-order valence-corrected chi connectivity index (χ1v) is 10.5. The molecule has 0 aliphatic carbocycles. The van der Waals surface area contributed by atoms with E-state index in [1.54, 1.807) is 18.3 Å². The number of nitrogens with zero attached hydrogens (tertiary/aromatic N) is 2. The molecule has 0 fully saturated rings. The predicted octanol–water partition coefficient (Wildman–Crippen LogP) is 3.32. The molecule has 0 radical (unpaired) electrons. The number of pyridine rings is 1. The minimum absolute atomic E-state index is 0.112. The van der Waals surface area contributed by atoms with Crippen molar-refractivity contribution in [3.05, 3.63) is 82.3 Å². The van der Waals surface area contributed by atoms with Crippen molar-refractivity contribution in [1.82, 2.24) is 9.29 Å². The highest BCUT2D eigenvalue weighted by Gasteiger charge is 2.26. The van der Waals surface area contributed by atoms with Gasteiger partial charge in [-0.2, -0.15) is 15.6 Å². The van der Waals surface area contributed by atoms with Gasteiger partial charge in [0.25, 0.3) is 0 Å². The van der Waals surface area contributed by atoms with E-state index < -0.39 is 16.0 Å². The number of methoxy groups -OCH3 is 1. The molecule has 27 heavy (non-hydrogen) atoms. The lowest BCUT2D eigenvalue weighted by atomic mass is 10.2. The number of thiophene rings is 1. The first-order valence-electron chi connectivity index (χ1n) is 8.10. The lowest BCUT2D eigenvalue weighted by molar-refractivity contribution is 0.0600. The molecule has 3 aromatic rings. The van der Waals surface area contributed by atoms with Crippen LogP contribution in [-0.2, 0) is 27.8 Å². The van der Waals surface area contributed by atoms with Crippen molar-refractivity contribution in [2.45, 2.75) is 18.0 Å². The molecule has 140 valence electrons. The van der Waals surface area contributed by atoms with Gasteiger partial charge in [0.15, 0.2) is 0 Å². The van der Waals surface area contributed by atoms with E-state index in [1.807, 2.05) is 22.9 Å². The van der Waals surface area contributed by atoms with Crippen LogP contribution >= 0.6 is 11.3 Å². The summed E-state index contributed by atoms with van der Waals surface area (Å²) >= 11 is 1.51. The summed E-state index contributed by atoms with van der Waals surface area (Å²) in [6.45, 7) is 0.388. The summed E-state index contributed by atoms with van der Waals surface area (Å²) in [6.07, 6.45) is 1.63. The molecule has 2 aromatic heterocycles. The van der Waals surface area contributed by atoms with Crippen LogP contribution in [0.3, 0.4) is 0 Å². The number of carbonyl (C=O) groups is 1. The van der Waals surface area contributed by atoms with Gasteiger partial charge in [0, 0.05) is 12.7 Å².